The quantitative estimate of drug-likeness (QED) is 0.433. The number of methoxy groups -OCH3 is 3. The van der Waals surface area contributed by atoms with E-state index >= 15 is 0 Å². The maximum Gasteiger partial charge on any atom is 0.355 e. The number of esters is 1. The van der Waals surface area contributed by atoms with Crippen LogP contribution >= 0.6 is 0 Å². The number of nitrogens with one attached hydrogen (secondary N) is 1. The highest BCUT2D eigenvalue weighted by Gasteiger charge is 2.38. The molecule has 164 valence electrons. The van der Waals surface area contributed by atoms with Gasteiger partial charge in [0.2, 0.25) is 5.95 Å². The number of aromatic hydroxyl groups is 1. The number of nitrogens with zero attached hydrogens (tertiary/aromatic N) is 4. The Morgan fingerprint density at radius 2 is 1.84 bits per heavy atom. The number of tetrazole rings is 1. The lowest BCUT2D eigenvalue weighted by atomic mass is 9.89. The summed E-state index contributed by atoms with van der Waals surface area (Å²) in [7, 11) is 4.15. The topological polar surface area (TPSA) is 138 Å². The van der Waals surface area contributed by atoms with Gasteiger partial charge in [0.05, 0.1) is 26.9 Å². The summed E-state index contributed by atoms with van der Waals surface area (Å²) >= 11 is 0. The lowest BCUT2D eigenvalue weighted by Gasteiger charge is -2.28. The number of ketones is 1. The Labute approximate surface area is 182 Å². The summed E-state index contributed by atoms with van der Waals surface area (Å²) in [6.07, 6.45) is 0. The second-order valence-electron chi connectivity index (χ2n) is 6.75. The molecule has 0 fully saturated rings. The number of ether oxygens (including phenoxy) is 3. The third-order valence-corrected chi connectivity index (χ3v) is 4.98. The van der Waals surface area contributed by atoms with E-state index < -0.39 is 17.8 Å². The van der Waals surface area contributed by atoms with E-state index in [0.29, 0.717) is 17.1 Å². The summed E-state index contributed by atoms with van der Waals surface area (Å²) in [5.74, 6) is -0.350. The molecule has 3 aromatic rings. The molecule has 11 nitrogen and oxygen atoms in total. The first-order valence-corrected chi connectivity index (χ1v) is 9.41. The molecular formula is C21H19N5O6. The zero-order valence-electron chi connectivity index (χ0n) is 17.4. The van der Waals surface area contributed by atoms with Gasteiger partial charge in [-0.3, -0.25) is 4.79 Å². The fourth-order valence-electron chi connectivity index (χ4n) is 3.52. The van der Waals surface area contributed by atoms with Crippen molar-refractivity contribution in [3.63, 3.8) is 0 Å². The van der Waals surface area contributed by atoms with Crippen LogP contribution in [0.1, 0.15) is 22.0 Å². The van der Waals surface area contributed by atoms with Crippen LogP contribution in [0.3, 0.4) is 0 Å². The molecule has 0 bridgehead atoms. The summed E-state index contributed by atoms with van der Waals surface area (Å²) in [6, 6.07) is 10.0. The third kappa shape index (κ3) is 3.49. The van der Waals surface area contributed by atoms with Crippen molar-refractivity contribution in [2.45, 2.75) is 6.04 Å². The van der Waals surface area contributed by atoms with Gasteiger partial charge in [-0.05, 0) is 46.3 Å². The molecule has 0 unspecified atom stereocenters. The van der Waals surface area contributed by atoms with Crippen molar-refractivity contribution in [3.8, 4) is 17.2 Å². The van der Waals surface area contributed by atoms with Gasteiger partial charge in [0.1, 0.15) is 17.5 Å². The van der Waals surface area contributed by atoms with Gasteiger partial charge in [-0.1, -0.05) is 17.2 Å². The summed E-state index contributed by atoms with van der Waals surface area (Å²) in [5, 5.41) is 24.3. The summed E-state index contributed by atoms with van der Waals surface area (Å²) < 4.78 is 16.8. The van der Waals surface area contributed by atoms with Crippen molar-refractivity contribution in [3.05, 3.63) is 64.9 Å². The first kappa shape index (κ1) is 20.8. The van der Waals surface area contributed by atoms with Gasteiger partial charge in [-0.25, -0.2) is 4.79 Å². The van der Waals surface area contributed by atoms with Gasteiger partial charge < -0.3 is 24.6 Å². The Morgan fingerprint density at radius 3 is 2.53 bits per heavy atom. The summed E-state index contributed by atoms with van der Waals surface area (Å²) in [5.41, 5.74) is 0.658. The highest BCUT2D eigenvalue weighted by atomic mass is 16.5. The molecule has 2 heterocycles. The zero-order valence-corrected chi connectivity index (χ0v) is 17.4. The highest BCUT2D eigenvalue weighted by Crippen LogP contribution is 2.38. The molecule has 2 aromatic carbocycles. The number of hydrogen-bond donors (Lipinski definition) is 2. The molecule has 1 aromatic heterocycles. The maximum atomic E-state index is 13.8. The van der Waals surface area contributed by atoms with Crippen LogP contribution < -0.4 is 14.8 Å². The van der Waals surface area contributed by atoms with Crippen LogP contribution in [0.5, 0.6) is 17.2 Å². The van der Waals surface area contributed by atoms with Crippen LogP contribution in [0.15, 0.2) is 53.7 Å². The smallest absolute Gasteiger partial charge is 0.355 e. The maximum absolute atomic E-state index is 13.8. The number of phenolic OH excluding ortho intramolecular Hbond substituents is 1. The molecule has 11 heteroatoms. The molecule has 0 aliphatic carbocycles. The van der Waals surface area contributed by atoms with Gasteiger partial charge in [-0.15, -0.1) is 0 Å². The number of carbonyl (C=O) groups is 2. The number of Topliss-reactive ketones (excluding diaryl/α,β-unsaturated/α-hetero) is 1. The van der Waals surface area contributed by atoms with E-state index in [-0.39, 0.29) is 28.5 Å². The largest absolute Gasteiger partial charge is 0.508 e. The minimum absolute atomic E-state index is 0.0202. The van der Waals surface area contributed by atoms with Crippen molar-refractivity contribution in [2.24, 2.45) is 0 Å². The molecule has 0 radical (unpaired) electrons. The lowest BCUT2D eigenvalue weighted by molar-refractivity contribution is -0.136. The van der Waals surface area contributed by atoms with E-state index in [1.54, 1.807) is 24.3 Å². The fourth-order valence-corrected chi connectivity index (χ4v) is 3.52. The Kier molecular flexibility index (Phi) is 5.46. The Hall–Kier alpha value is -4.41. The molecule has 32 heavy (non-hydrogen) atoms. The average molecular weight is 437 g/mol. The van der Waals surface area contributed by atoms with E-state index in [9.17, 15) is 14.7 Å². The first-order valence-electron chi connectivity index (χ1n) is 9.41. The van der Waals surface area contributed by atoms with Gasteiger partial charge in [-0.2, -0.15) is 4.68 Å². The molecule has 0 saturated carbocycles. The summed E-state index contributed by atoms with van der Waals surface area (Å²) in [6.45, 7) is 0. The molecule has 1 atom stereocenters. The first-order chi connectivity index (χ1) is 15.5. The SMILES string of the molecule is COC(=O)C1=C(C(=O)c2ccc(OC)c(OC)c2)[C@@H](c2cccc(O)c2)n2nnnc2N1. The lowest BCUT2D eigenvalue weighted by Crippen LogP contribution is -2.32. The standard InChI is InChI=1S/C21H19N5O6/c1-30-14-8-7-12(10-15(14)31-2)19(28)16-17(20(29)32-3)22-21-23-24-25-26(21)18(16)11-5-4-6-13(27)9-11/h4-10,18,27H,1-3H3,(H,22,23,25)/t18-/m1/s1. The van der Waals surface area contributed by atoms with Crippen molar-refractivity contribution >= 4 is 17.7 Å². The predicted octanol–water partition coefficient (Wildman–Crippen LogP) is 1.72. The molecule has 1 aliphatic rings. The molecule has 0 spiro atoms. The summed E-state index contributed by atoms with van der Waals surface area (Å²) in [4.78, 5) is 26.4. The molecular weight excluding hydrogens is 418 g/mol. The van der Waals surface area contributed by atoms with Crippen LogP contribution in [-0.2, 0) is 9.53 Å². The molecule has 4 rings (SSSR count). The van der Waals surface area contributed by atoms with Crippen molar-refractivity contribution < 1.29 is 28.9 Å². The number of carbonyl (C=O) groups excluding carboxylic acids is 2. The van der Waals surface area contributed by atoms with Crippen LogP contribution in [0.4, 0.5) is 5.95 Å². The van der Waals surface area contributed by atoms with Crippen molar-refractivity contribution in [2.75, 3.05) is 26.6 Å². The van der Waals surface area contributed by atoms with Crippen LogP contribution in [0, 0.1) is 0 Å². The predicted molar refractivity (Wildman–Crippen MR) is 111 cm³/mol. The third-order valence-electron chi connectivity index (χ3n) is 4.98. The number of fused-ring (bicyclic) bond motifs is 1. The molecule has 0 saturated heterocycles. The minimum Gasteiger partial charge on any atom is -0.508 e. The highest BCUT2D eigenvalue weighted by molar-refractivity contribution is 6.15. The fraction of sp³-hybridized carbons (Fsp3) is 0.190. The number of aromatic nitrogens is 4. The minimum atomic E-state index is -0.914. The number of benzene rings is 2. The number of anilines is 1. The average Bonchev–Trinajstić information content (AvgIpc) is 3.29. The second kappa shape index (κ2) is 8.38. The molecule has 0 amide bonds. The Balaban J connectivity index is 1.94. The monoisotopic (exact) mass is 437 g/mol. The number of allylic oxidation sites excluding steroid dienone is 1. The van der Waals surface area contributed by atoms with E-state index in [1.165, 1.54) is 44.2 Å². The van der Waals surface area contributed by atoms with Crippen molar-refractivity contribution in [1.82, 2.24) is 20.2 Å². The van der Waals surface area contributed by atoms with Crippen LogP contribution in [0.25, 0.3) is 0 Å². The van der Waals surface area contributed by atoms with Crippen LogP contribution in [0.2, 0.25) is 0 Å². The number of hydrogen-bond acceptors (Lipinski definition) is 10. The number of phenols is 1. The normalized spacial score (nSPS) is 14.9. The van der Waals surface area contributed by atoms with E-state index in [0.717, 1.165) is 0 Å². The second-order valence-corrected chi connectivity index (χ2v) is 6.75. The van der Waals surface area contributed by atoms with Gasteiger partial charge >= 0.3 is 5.97 Å². The number of rotatable bonds is 6. The van der Waals surface area contributed by atoms with Gasteiger partial charge in [0.25, 0.3) is 0 Å². The van der Waals surface area contributed by atoms with Crippen LogP contribution in [-0.4, -0.2) is 58.4 Å². The van der Waals surface area contributed by atoms with E-state index in [1.807, 2.05) is 0 Å². The van der Waals surface area contributed by atoms with Crippen molar-refractivity contribution in [1.29, 1.82) is 0 Å². The Morgan fingerprint density at radius 1 is 1.06 bits per heavy atom. The zero-order chi connectivity index (χ0) is 22.8. The van der Waals surface area contributed by atoms with E-state index in [4.69, 9.17) is 14.2 Å². The molecule has 1 aliphatic heterocycles. The van der Waals surface area contributed by atoms with Gasteiger partial charge in [0.15, 0.2) is 17.3 Å². The van der Waals surface area contributed by atoms with Gasteiger partial charge in [0, 0.05) is 5.56 Å². The molecule has 2 N–H and O–H groups in total. The van der Waals surface area contributed by atoms with E-state index in [2.05, 4.69) is 20.8 Å². The Bertz CT molecular complexity index is 1230.